The lowest BCUT2D eigenvalue weighted by atomic mass is 10.2. The molecule has 0 aliphatic carbocycles. The SMILES string of the molecule is N#CCc1cc(=O)c(C(F)F)c(Cl)[nH]1. The third kappa shape index (κ3) is 2.09. The molecule has 1 heterocycles. The van der Waals surface area contributed by atoms with Crippen molar-refractivity contribution in [2.24, 2.45) is 0 Å². The van der Waals surface area contributed by atoms with E-state index in [4.69, 9.17) is 16.9 Å². The highest BCUT2D eigenvalue weighted by atomic mass is 35.5. The molecule has 1 N–H and O–H groups in total. The van der Waals surface area contributed by atoms with Crippen molar-refractivity contribution in [3.8, 4) is 6.07 Å². The molecule has 6 heteroatoms. The number of H-pyrrole nitrogens is 1. The third-order valence-electron chi connectivity index (χ3n) is 1.57. The first-order valence-corrected chi connectivity index (χ1v) is 4.00. The molecule has 0 fully saturated rings. The second kappa shape index (κ2) is 4.20. The van der Waals surface area contributed by atoms with Crippen LogP contribution in [0.2, 0.25) is 5.15 Å². The minimum atomic E-state index is -2.91. The lowest BCUT2D eigenvalue weighted by Crippen LogP contribution is -2.12. The third-order valence-corrected chi connectivity index (χ3v) is 1.86. The Morgan fingerprint density at radius 3 is 2.71 bits per heavy atom. The van der Waals surface area contributed by atoms with Crippen LogP contribution in [-0.4, -0.2) is 4.98 Å². The number of nitrogens with one attached hydrogen (secondary N) is 1. The van der Waals surface area contributed by atoms with Crippen LogP contribution in [0.3, 0.4) is 0 Å². The Kier molecular flexibility index (Phi) is 3.20. The molecule has 0 aliphatic heterocycles. The number of hydrogen-bond donors (Lipinski definition) is 1. The molecule has 0 aromatic carbocycles. The summed E-state index contributed by atoms with van der Waals surface area (Å²) in [6, 6.07) is 2.73. The summed E-state index contributed by atoms with van der Waals surface area (Å²) in [5.41, 5.74) is -1.38. The summed E-state index contributed by atoms with van der Waals surface area (Å²) >= 11 is 5.42. The van der Waals surface area contributed by atoms with Crippen LogP contribution in [-0.2, 0) is 6.42 Å². The normalized spacial score (nSPS) is 10.2. The average Bonchev–Trinajstić information content (AvgIpc) is 2.01. The second-order valence-corrected chi connectivity index (χ2v) is 2.90. The number of aromatic nitrogens is 1. The van der Waals surface area contributed by atoms with Crippen molar-refractivity contribution in [3.05, 3.63) is 32.7 Å². The van der Waals surface area contributed by atoms with Gasteiger partial charge in [0.15, 0.2) is 5.43 Å². The Labute approximate surface area is 82.9 Å². The van der Waals surface area contributed by atoms with Crippen molar-refractivity contribution in [1.82, 2.24) is 4.98 Å². The minimum absolute atomic E-state index is 0.0710. The summed E-state index contributed by atoms with van der Waals surface area (Å²) < 4.78 is 24.5. The monoisotopic (exact) mass is 218 g/mol. The molecule has 0 radical (unpaired) electrons. The predicted octanol–water partition coefficient (Wildman–Crippen LogP) is 2.03. The van der Waals surface area contributed by atoms with Gasteiger partial charge in [-0.3, -0.25) is 4.79 Å². The zero-order valence-electron chi connectivity index (χ0n) is 6.85. The summed E-state index contributed by atoms with van der Waals surface area (Å²) in [6.45, 7) is 0. The van der Waals surface area contributed by atoms with Gasteiger partial charge in [-0.2, -0.15) is 5.26 Å². The molecule has 0 unspecified atom stereocenters. The molecular formula is C8H5ClF2N2O. The number of pyridine rings is 1. The summed E-state index contributed by atoms with van der Waals surface area (Å²) in [5.74, 6) is 0. The minimum Gasteiger partial charge on any atom is -0.348 e. The Hall–Kier alpha value is -1.41. The Bertz CT molecular complexity index is 436. The average molecular weight is 219 g/mol. The highest BCUT2D eigenvalue weighted by Crippen LogP contribution is 2.21. The molecule has 3 nitrogen and oxygen atoms in total. The molecule has 1 aromatic rings. The van der Waals surface area contributed by atoms with Gasteiger partial charge >= 0.3 is 0 Å². The van der Waals surface area contributed by atoms with E-state index < -0.39 is 22.6 Å². The van der Waals surface area contributed by atoms with Crippen molar-refractivity contribution < 1.29 is 8.78 Å². The molecule has 74 valence electrons. The van der Waals surface area contributed by atoms with Crippen molar-refractivity contribution in [2.45, 2.75) is 12.8 Å². The van der Waals surface area contributed by atoms with E-state index in [-0.39, 0.29) is 12.1 Å². The Morgan fingerprint density at radius 2 is 2.29 bits per heavy atom. The lowest BCUT2D eigenvalue weighted by Gasteiger charge is -2.03. The first kappa shape index (κ1) is 10.7. The first-order chi connectivity index (χ1) is 6.56. The van der Waals surface area contributed by atoms with Crippen LogP contribution < -0.4 is 5.43 Å². The molecule has 0 saturated carbocycles. The molecule has 1 rings (SSSR count). The summed E-state index contributed by atoms with van der Waals surface area (Å²) in [7, 11) is 0. The van der Waals surface area contributed by atoms with Crippen LogP contribution in [0.25, 0.3) is 0 Å². The lowest BCUT2D eigenvalue weighted by molar-refractivity contribution is 0.150. The van der Waals surface area contributed by atoms with E-state index in [2.05, 4.69) is 4.98 Å². The molecular weight excluding hydrogens is 214 g/mol. The van der Waals surface area contributed by atoms with Gasteiger partial charge in [0.25, 0.3) is 6.43 Å². The number of rotatable bonds is 2. The molecule has 0 amide bonds. The Balaban J connectivity index is 3.27. The van der Waals surface area contributed by atoms with Crippen LogP contribution in [0.1, 0.15) is 17.7 Å². The van der Waals surface area contributed by atoms with E-state index in [1.54, 1.807) is 6.07 Å². The maximum absolute atomic E-state index is 12.2. The zero-order valence-corrected chi connectivity index (χ0v) is 7.61. The van der Waals surface area contributed by atoms with Crippen molar-refractivity contribution in [3.63, 3.8) is 0 Å². The van der Waals surface area contributed by atoms with Crippen molar-refractivity contribution >= 4 is 11.6 Å². The van der Waals surface area contributed by atoms with Crippen LogP contribution in [0.15, 0.2) is 10.9 Å². The van der Waals surface area contributed by atoms with Gasteiger partial charge in [-0.15, -0.1) is 0 Å². The van der Waals surface area contributed by atoms with Gasteiger partial charge in [-0.25, -0.2) is 8.78 Å². The molecule has 0 atom stereocenters. The fourth-order valence-electron chi connectivity index (χ4n) is 0.972. The van der Waals surface area contributed by atoms with Crippen molar-refractivity contribution in [2.75, 3.05) is 0 Å². The highest BCUT2D eigenvalue weighted by molar-refractivity contribution is 6.30. The van der Waals surface area contributed by atoms with E-state index in [1.807, 2.05) is 0 Å². The fraction of sp³-hybridized carbons (Fsp3) is 0.250. The maximum Gasteiger partial charge on any atom is 0.270 e. The molecule has 14 heavy (non-hydrogen) atoms. The molecule has 0 aliphatic rings. The Morgan fingerprint density at radius 1 is 1.64 bits per heavy atom. The molecule has 0 spiro atoms. The van der Waals surface area contributed by atoms with E-state index in [0.29, 0.717) is 0 Å². The van der Waals surface area contributed by atoms with E-state index in [0.717, 1.165) is 6.07 Å². The number of nitrogens with zero attached hydrogens (tertiary/aromatic N) is 1. The number of aromatic amines is 1. The molecule has 0 saturated heterocycles. The topological polar surface area (TPSA) is 56.6 Å². The summed E-state index contributed by atoms with van der Waals surface area (Å²) in [4.78, 5) is 13.4. The quantitative estimate of drug-likeness (QED) is 0.773. The predicted molar refractivity (Wildman–Crippen MR) is 46.3 cm³/mol. The van der Waals surface area contributed by atoms with Gasteiger partial charge in [-0.05, 0) is 0 Å². The maximum atomic E-state index is 12.2. The standard InChI is InChI=1S/C8H5ClF2N2O/c9-7-6(8(10)11)5(14)3-4(13-7)1-2-12/h3,8H,1H2,(H,13,14). The molecule has 0 bridgehead atoms. The fourth-order valence-corrected chi connectivity index (χ4v) is 1.27. The number of alkyl halides is 2. The first-order valence-electron chi connectivity index (χ1n) is 3.63. The van der Waals surface area contributed by atoms with Gasteiger partial charge in [0.2, 0.25) is 0 Å². The van der Waals surface area contributed by atoms with Crippen LogP contribution in [0.5, 0.6) is 0 Å². The van der Waals surface area contributed by atoms with E-state index in [9.17, 15) is 13.6 Å². The van der Waals surface area contributed by atoms with Gasteiger partial charge in [0, 0.05) is 11.8 Å². The summed E-state index contributed by atoms with van der Waals surface area (Å²) in [6.07, 6.45) is -2.99. The van der Waals surface area contributed by atoms with Gasteiger partial charge in [-0.1, -0.05) is 11.6 Å². The zero-order chi connectivity index (χ0) is 10.7. The molecule has 1 aromatic heterocycles. The largest absolute Gasteiger partial charge is 0.348 e. The highest BCUT2D eigenvalue weighted by Gasteiger charge is 2.17. The van der Waals surface area contributed by atoms with E-state index >= 15 is 0 Å². The summed E-state index contributed by atoms with van der Waals surface area (Å²) in [5, 5.41) is 7.91. The smallest absolute Gasteiger partial charge is 0.270 e. The van der Waals surface area contributed by atoms with Crippen LogP contribution in [0.4, 0.5) is 8.78 Å². The van der Waals surface area contributed by atoms with Crippen LogP contribution >= 0.6 is 11.6 Å². The van der Waals surface area contributed by atoms with Gasteiger partial charge in [0.05, 0.1) is 12.5 Å². The second-order valence-electron chi connectivity index (χ2n) is 2.52. The van der Waals surface area contributed by atoms with E-state index in [1.165, 1.54) is 0 Å². The number of nitriles is 1. The van der Waals surface area contributed by atoms with Crippen molar-refractivity contribution in [1.29, 1.82) is 5.26 Å². The number of hydrogen-bond acceptors (Lipinski definition) is 2. The number of halogens is 3. The van der Waals surface area contributed by atoms with Crippen LogP contribution in [0, 0.1) is 11.3 Å². The van der Waals surface area contributed by atoms with Gasteiger partial charge < -0.3 is 4.98 Å². The van der Waals surface area contributed by atoms with Gasteiger partial charge in [0.1, 0.15) is 10.7 Å².